The van der Waals surface area contributed by atoms with Gasteiger partial charge in [0.25, 0.3) is 0 Å². The van der Waals surface area contributed by atoms with E-state index in [0.29, 0.717) is 32.4 Å². The maximum absolute atomic E-state index is 13.2. The van der Waals surface area contributed by atoms with Gasteiger partial charge in [0.05, 0.1) is 6.10 Å². The van der Waals surface area contributed by atoms with Crippen molar-refractivity contribution in [3.05, 3.63) is 0 Å². The van der Waals surface area contributed by atoms with Crippen LogP contribution in [0.25, 0.3) is 0 Å². The number of hydrogen-bond donors (Lipinski definition) is 1. The lowest BCUT2D eigenvalue weighted by molar-refractivity contribution is -0.145. The molecule has 5 heteroatoms. The van der Waals surface area contributed by atoms with Crippen molar-refractivity contribution >= 4 is 5.91 Å². The number of hydrogen-bond acceptors (Lipinski definition) is 2. The summed E-state index contributed by atoms with van der Waals surface area (Å²) in [7, 11) is 0. The third-order valence-electron chi connectivity index (χ3n) is 3.70. The van der Waals surface area contributed by atoms with Gasteiger partial charge in [0, 0.05) is 31.8 Å². The Morgan fingerprint density at radius 3 is 2.71 bits per heavy atom. The van der Waals surface area contributed by atoms with Crippen LogP contribution in [0.3, 0.4) is 0 Å². The smallest absolute Gasteiger partial charge is 0.248 e. The zero-order chi connectivity index (χ0) is 12.5. The van der Waals surface area contributed by atoms with Crippen molar-refractivity contribution < 1.29 is 18.7 Å². The lowest BCUT2D eigenvalue weighted by Crippen LogP contribution is -2.46. The van der Waals surface area contributed by atoms with Crippen LogP contribution in [0.2, 0.25) is 0 Å². The molecule has 2 atom stereocenters. The van der Waals surface area contributed by atoms with Crippen molar-refractivity contribution in [3.63, 3.8) is 0 Å². The first kappa shape index (κ1) is 12.7. The molecule has 2 unspecified atom stereocenters. The Balaban J connectivity index is 1.94. The molecule has 1 saturated heterocycles. The number of carbonyl (C=O) groups is 1. The molecular weight excluding hydrogens is 228 g/mol. The van der Waals surface area contributed by atoms with Crippen LogP contribution in [0.4, 0.5) is 8.78 Å². The molecule has 2 rings (SSSR count). The van der Waals surface area contributed by atoms with Gasteiger partial charge in [-0.15, -0.1) is 0 Å². The summed E-state index contributed by atoms with van der Waals surface area (Å²) in [5.41, 5.74) is 0. The van der Waals surface area contributed by atoms with Crippen molar-refractivity contribution in [3.8, 4) is 0 Å². The Labute approximate surface area is 99.8 Å². The summed E-state index contributed by atoms with van der Waals surface area (Å²) in [6, 6.07) is 0. The predicted octanol–water partition coefficient (Wildman–Crippen LogP) is 1.80. The highest BCUT2D eigenvalue weighted by atomic mass is 19.3. The van der Waals surface area contributed by atoms with E-state index < -0.39 is 17.9 Å². The molecule has 2 aliphatic rings. The quantitative estimate of drug-likeness (QED) is 0.767. The number of nitrogens with zero attached hydrogens (tertiary/aromatic N) is 1. The number of aliphatic hydroxyl groups is 1. The summed E-state index contributed by atoms with van der Waals surface area (Å²) in [6.07, 6.45) is 1.52. The molecule has 0 aromatic carbocycles. The molecule has 0 radical (unpaired) electrons. The number of β-amino-alcohol motifs (C(OH)–C–C–N with tert-alkyl or cyclic N) is 1. The molecule has 17 heavy (non-hydrogen) atoms. The van der Waals surface area contributed by atoms with E-state index in [1.165, 1.54) is 0 Å². The molecule has 0 aromatic rings. The highest BCUT2D eigenvalue weighted by molar-refractivity contribution is 5.79. The number of piperidine rings is 1. The molecular formula is C12H19F2NO2. The molecule has 2 fully saturated rings. The Kier molecular flexibility index (Phi) is 3.66. The largest absolute Gasteiger partial charge is 0.391 e. The van der Waals surface area contributed by atoms with E-state index in [0.717, 1.165) is 6.42 Å². The van der Waals surface area contributed by atoms with Gasteiger partial charge in [-0.2, -0.15) is 0 Å². The van der Waals surface area contributed by atoms with Crippen LogP contribution < -0.4 is 0 Å². The number of alkyl halides is 2. The fourth-order valence-corrected chi connectivity index (χ4v) is 2.80. The van der Waals surface area contributed by atoms with Gasteiger partial charge < -0.3 is 10.0 Å². The average molecular weight is 247 g/mol. The highest BCUT2D eigenvalue weighted by Gasteiger charge is 2.40. The molecule has 3 nitrogen and oxygen atoms in total. The van der Waals surface area contributed by atoms with Crippen molar-refractivity contribution in [2.45, 2.75) is 50.6 Å². The molecule has 0 spiro atoms. The average Bonchev–Trinajstić information content (AvgIpc) is 2.26. The van der Waals surface area contributed by atoms with Gasteiger partial charge in [0.1, 0.15) is 0 Å². The topological polar surface area (TPSA) is 40.5 Å². The van der Waals surface area contributed by atoms with Crippen molar-refractivity contribution in [2.24, 2.45) is 5.92 Å². The summed E-state index contributed by atoms with van der Waals surface area (Å²) in [5.74, 6) is -3.43. The number of halogens is 2. The highest BCUT2D eigenvalue weighted by Crippen LogP contribution is 2.37. The second-order valence-corrected chi connectivity index (χ2v) is 5.23. The van der Waals surface area contributed by atoms with Gasteiger partial charge in [-0.1, -0.05) is 0 Å². The zero-order valence-corrected chi connectivity index (χ0v) is 9.87. The number of aliphatic hydroxyl groups excluding tert-OH is 1. The molecule has 0 bridgehead atoms. The van der Waals surface area contributed by atoms with Gasteiger partial charge in [-0.25, -0.2) is 8.78 Å². The number of likely N-dealkylation sites (tertiary alicyclic amines) is 1. The fraction of sp³-hybridized carbons (Fsp3) is 0.917. The summed E-state index contributed by atoms with van der Waals surface area (Å²) in [6.45, 7) is 0.902. The summed E-state index contributed by atoms with van der Waals surface area (Å²) >= 11 is 0. The molecule has 1 saturated carbocycles. The van der Waals surface area contributed by atoms with Crippen LogP contribution in [-0.2, 0) is 4.79 Å². The van der Waals surface area contributed by atoms with Crippen LogP contribution in [-0.4, -0.2) is 41.0 Å². The summed E-state index contributed by atoms with van der Waals surface area (Å²) in [4.78, 5) is 13.6. The summed E-state index contributed by atoms with van der Waals surface area (Å²) < 4.78 is 26.5. The van der Waals surface area contributed by atoms with Gasteiger partial charge in [-0.3, -0.25) is 4.79 Å². The predicted molar refractivity (Wildman–Crippen MR) is 58.7 cm³/mol. The van der Waals surface area contributed by atoms with E-state index in [1.807, 2.05) is 0 Å². The van der Waals surface area contributed by atoms with Crippen LogP contribution >= 0.6 is 0 Å². The minimum atomic E-state index is -2.69. The Morgan fingerprint density at radius 1 is 1.29 bits per heavy atom. The molecule has 1 aliphatic heterocycles. The monoisotopic (exact) mass is 247 g/mol. The lowest BCUT2D eigenvalue weighted by atomic mass is 9.85. The van der Waals surface area contributed by atoms with Crippen molar-refractivity contribution in [2.75, 3.05) is 13.1 Å². The standard InChI is InChI=1S/C12H19F2NO2/c13-12(14)5-1-3-9(7-12)11(17)15-6-2-4-10(16)8-15/h9-10,16H,1-8H2. The van der Waals surface area contributed by atoms with Gasteiger partial charge >= 0.3 is 0 Å². The van der Waals surface area contributed by atoms with E-state index in [2.05, 4.69) is 0 Å². The fourth-order valence-electron chi connectivity index (χ4n) is 2.80. The number of amides is 1. The van der Waals surface area contributed by atoms with Gasteiger partial charge in [-0.05, 0) is 25.7 Å². The first-order valence-corrected chi connectivity index (χ1v) is 6.33. The van der Waals surface area contributed by atoms with Crippen molar-refractivity contribution in [1.82, 2.24) is 4.90 Å². The van der Waals surface area contributed by atoms with Crippen LogP contribution in [0.5, 0.6) is 0 Å². The minimum Gasteiger partial charge on any atom is -0.391 e. The molecule has 1 N–H and O–H groups in total. The maximum atomic E-state index is 13.2. The Hall–Kier alpha value is -0.710. The molecule has 1 heterocycles. The summed E-state index contributed by atoms with van der Waals surface area (Å²) in [5, 5.41) is 9.49. The SMILES string of the molecule is O=C(C1CCCC(F)(F)C1)N1CCCC(O)C1. The number of rotatable bonds is 1. The molecule has 98 valence electrons. The minimum absolute atomic E-state index is 0.0978. The third kappa shape index (κ3) is 3.15. The van der Waals surface area contributed by atoms with Gasteiger partial charge in [0.2, 0.25) is 11.8 Å². The Bertz CT molecular complexity index is 296. The van der Waals surface area contributed by atoms with E-state index in [1.54, 1.807) is 4.90 Å². The zero-order valence-electron chi connectivity index (χ0n) is 9.87. The van der Waals surface area contributed by atoms with Crippen LogP contribution in [0.15, 0.2) is 0 Å². The second kappa shape index (κ2) is 4.88. The molecule has 0 aromatic heterocycles. The Morgan fingerprint density at radius 2 is 2.06 bits per heavy atom. The second-order valence-electron chi connectivity index (χ2n) is 5.23. The maximum Gasteiger partial charge on any atom is 0.248 e. The van der Waals surface area contributed by atoms with Gasteiger partial charge in [0.15, 0.2) is 0 Å². The number of carbonyl (C=O) groups excluding carboxylic acids is 1. The van der Waals surface area contributed by atoms with Crippen LogP contribution in [0, 0.1) is 5.92 Å². The third-order valence-corrected chi connectivity index (χ3v) is 3.70. The normalized spacial score (nSPS) is 33.5. The van der Waals surface area contributed by atoms with E-state index in [4.69, 9.17) is 0 Å². The van der Waals surface area contributed by atoms with E-state index in [9.17, 15) is 18.7 Å². The first-order chi connectivity index (χ1) is 7.98. The lowest BCUT2D eigenvalue weighted by Gasteiger charge is -2.35. The molecule has 1 amide bonds. The van der Waals surface area contributed by atoms with Crippen LogP contribution in [0.1, 0.15) is 38.5 Å². The van der Waals surface area contributed by atoms with E-state index in [-0.39, 0.29) is 18.7 Å². The first-order valence-electron chi connectivity index (χ1n) is 6.33. The van der Waals surface area contributed by atoms with E-state index >= 15 is 0 Å². The molecule has 1 aliphatic carbocycles. The van der Waals surface area contributed by atoms with Crippen molar-refractivity contribution in [1.29, 1.82) is 0 Å².